The predicted octanol–water partition coefficient (Wildman–Crippen LogP) is 2.58. The molecule has 0 heterocycles. The van der Waals surface area contributed by atoms with Gasteiger partial charge in [0.15, 0.2) is 5.78 Å². The van der Waals surface area contributed by atoms with Crippen molar-refractivity contribution in [2.45, 2.75) is 33.5 Å². The number of carbonyl (C=O) groups excluding carboxylic acids is 1. The summed E-state index contributed by atoms with van der Waals surface area (Å²) in [5.74, 6) is 0.732. The first kappa shape index (κ1) is 12.7. The largest absolute Gasteiger partial charge is 0.486 e. The number of hydrogen-bond acceptors (Lipinski definition) is 3. The topological polar surface area (TPSA) is 35.5 Å². The SMILES string of the molecule is CC(=O)COc1ccc(COC(C)C)cc1. The summed E-state index contributed by atoms with van der Waals surface area (Å²) in [6.45, 7) is 6.24. The van der Waals surface area contributed by atoms with Crippen molar-refractivity contribution < 1.29 is 14.3 Å². The summed E-state index contributed by atoms with van der Waals surface area (Å²) in [6.07, 6.45) is 0.230. The molecule has 3 nitrogen and oxygen atoms in total. The molecule has 1 rings (SSSR count). The quantitative estimate of drug-likeness (QED) is 0.742. The molecule has 0 aliphatic rings. The van der Waals surface area contributed by atoms with E-state index in [0.717, 1.165) is 5.56 Å². The molecule has 0 saturated carbocycles. The van der Waals surface area contributed by atoms with Gasteiger partial charge in [-0.1, -0.05) is 12.1 Å². The number of hydrogen-bond donors (Lipinski definition) is 0. The standard InChI is InChI=1S/C13H18O3/c1-10(2)15-9-12-4-6-13(7-5-12)16-8-11(3)14/h4-7,10H,8-9H2,1-3H3. The fourth-order valence-electron chi connectivity index (χ4n) is 1.13. The molecule has 0 aromatic heterocycles. The van der Waals surface area contributed by atoms with Crippen LogP contribution in [0.4, 0.5) is 0 Å². The molecular formula is C13H18O3. The lowest BCUT2D eigenvalue weighted by molar-refractivity contribution is -0.118. The summed E-state index contributed by atoms with van der Waals surface area (Å²) < 4.78 is 10.7. The van der Waals surface area contributed by atoms with Crippen LogP contribution in [0, 0.1) is 0 Å². The molecule has 0 atom stereocenters. The van der Waals surface area contributed by atoms with E-state index < -0.39 is 0 Å². The van der Waals surface area contributed by atoms with Gasteiger partial charge in [0, 0.05) is 0 Å². The van der Waals surface area contributed by atoms with E-state index in [0.29, 0.717) is 12.4 Å². The third-order valence-corrected chi connectivity index (χ3v) is 1.95. The molecule has 0 N–H and O–H groups in total. The van der Waals surface area contributed by atoms with Crippen LogP contribution in [-0.4, -0.2) is 18.5 Å². The van der Waals surface area contributed by atoms with E-state index in [1.807, 2.05) is 38.1 Å². The second-order valence-corrected chi connectivity index (χ2v) is 3.99. The Kier molecular flexibility index (Phi) is 4.99. The van der Waals surface area contributed by atoms with Crippen LogP contribution in [0.25, 0.3) is 0 Å². The number of Topliss-reactive ketones (excluding diaryl/α,β-unsaturated/α-hetero) is 1. The van der Waals surface area contributed by atoms with E-state index in [-0.39, 0.29) is 18.5 Å². The average molecular weight is 222 g/mol. The molecule has 0 amide bonds. The van der Waals surface area contributed by atoms with Gasteiger partial charge >= 0.3 is 0 Å². The van der Waals surface area contributed by atoms with Gasteiger partial charge in [-0.3, -0.25) is 4.79 Å². The van der Waals surface area contributed by atoms with Crippen molar-refractivity contribution in [1.29, 1.82) is 0 Å². The highest BCUT2D eigenvalue weighted by Gasteiger charge is 1.99. The molecule has 0 bridgehead atoms. The summed E-state index contributed by atoms with van der Waals surface area (Å²) in [6, 6.07) is 7.58. The first-order valence-corrected chi connectivity index (χ1v) is 5.40. The molecule has 1 aromatic carbocycles. The highest BCUT2D eigenvalue weighted by molar-refractivity contribution is 5.77. The molecule has 88 valence electrons. The Labute approximate surface area is 96.4 Å². The Morgan fingerprint density at radius 1 is 1.25 bits per heavy atom. The second kappa shape index (κ2) is 6.28. The number of benzene rings is 1. The molecule has 0 fully saturated rings. The summed E-state index contributed by atoms with van der Waals surface area (Å²) in [7, 11) is 0. The maximum atomic E-state index is 10.7. The molecule has 0 aliphatic carbocycles. The average Bonchev–Trinajstić information content (AvgIpc) is 2.25. The molecule has 0 unspecified atom stereocenters. The van der Waals surface area contributed by atoms with Crippen LogP contribution >= 0.6 is 0 Å². The second-order valence-electron chi connectivity index (χ2n) is 3.99. The maximum absolute atomic E-state index is 10.7. The van der Waals surface area contributed by atoms with Crippen molar-refractivity contribution in [3.63, 3.8) is 0 Å². The maximum Gasteiger partial charge on any atom is 0.167 e. The minimum absolute atomic E-state index is 0.0206. The van der Waals surface area contributed by atoms with E-state index in [4.69, 9.17) is 9.47 Å². The molecular weight excluding hydrogens is 204 g/mol. The molecule has 3 heteroatoms. The van der Waals surface area contributed by atoms with Crippen LogP contribution in [-0.2, 0) is 16.1 Å². The summed E-state index contributed by atoms with van der Waals surface area (Å²) >= 11 is 0. The smallest absolute Gasteiger partial charge is 0.167 e. The van der Waals surface area contributed by atoms with Crippen LogP contribution in [0.1, 0.15) is 26.3 Å². The van der Waals surface area contributed by atoms with Crippen LogP contribution in [0.15, 0.2) is 24.3 Å². The normalized spacial score (nSPS) is 10.5. The molecule has 16 heavy (non-hydrogen) atoms. The van der Waals surface area contributed by atoms with Gasteiger partial charge in [-0.2, -0.15) is 0 Å². The predicted molar refractivity (Wildman–Crippen MR) is 62.5 cm³/mol. The van der Waals surface area contributed by atoms with Crippen molar-refractivity contribution in [2.24, 2.45) is 0 Å². The minimum Gasteiger partial charge on any atom is -0.486 e. The highest BCUT2D eigenvalue weighted by Crippen LogP contribution is 2.13. The van der Waals surface area contributed by atoms with Crippen molar-refractivity contribution in [1.82, 2.24) is 0 Å². The van der Waals surface area contributed by atoms with Gasteiger partial charge in [0.1, 0.15) is 12.4 Å². The molecule has 0 aliphatic heterocycles. The van der Waals surface area contributed by atoms with E-state index >= 15 is 0 Å². The Hall–Kier alpha value is -1.35. The fraction of sp³-hybridized carbons (Fsp3) is 0.462. The zero-order valence-corrected chi connectivity index (χ0v) is 10.0. The van der Waals surface area contributed by atoms with E-state index in [9.17, 15) is 4.79 Å². The summed E-state index contributed by atoms with van der Waals surface area (Å²) in [5.41, 5.74) is 1.10. The Morgan fingerprint density at radius 2 is 1.88 bits per heavy atom. The molecule has 1 aromatic rings. The summed E-state index contributed by atoms with van der Waals surface area (Å²) in [5, 5.41) is 0. The Bertz CT molecular complexity index is 328. The van der Waals surface area contributed by atoms with Crippen molar-refractivity contribution in [2.75, 3.05) is 6.61 Å². The van der Waals surface area contributed by atoms with Gasteiger partial charge in [0.2, 0.25) is 0 Å². The number of ketones is 1. The lowest BCUT2D eigenvalue weighted by Crippen LogP contribution is -2.06. The number of rotatable bonds is 6. The van der Waals surface area contributed by atoms with Crippen molar-refractivity contribution in [3.8, 4) is 5.75 Å². The third-order valence-electron chi connectivity index (χ3n) is 1.95. The fourth-order valence-corrected chi connectivity index (χ4v) is 1.13. The van der Waals surface area contributed by atoms with Gasteiger partial charge in [0.05, 0.1) is 12.7 Å². The van der Waals surface area contributed by atoms with E-state index in [1.54, 1.807) is 0 Å². The first-order valence-electron chi connectivity index (χ1n) is 5.40. The molecule has 0 spiro atoms. The lowest BCUT2D eigenvalue weighted by Gasteiger charge is -2.08. The van der Waals surface area contributed by atoms with Gasteiger partial charge in [-0.05, 0) is 38.5 Å². The number of ether oxygens (including phenoxy) is 2. The van der Waals surface area contributed by atoms with Crippen LogP contribution in [0.2, 0.25) is 0 Å². The van der Waals surface area contributed by atoms with E-state index in [1.165, 1.54) is 6.92 Å². The Morgan fingerprint density at radius 3 is 2.38 bits per heavy atom. The molecule has 0 radical (unpaired) electrons. The number of carbonyl (C=O) groups is 1. The minimum atomic E-state index is 0.0206. The molecule has 0 saturated heterocycles. The summed E-state index contributed by atoms with van der Waals surface area (Å²) in [4.78, 5) is 10.7. The highest BCUT2D eigenvalue weighted by atomic mass is 16.5. The monoisotopic (exact) mass is 222 g/mol. The van der Waals surface area contributed by atoms with Crippen LogP contribution in [0.3, 0.4) is 0 Å². The zero-order chi connectivity index (χ0) is 12.0. The van der Waals surface area contributed by atoms with Gasteiger partial charge < -0.3 is 9.47 Å². The lowest BCUT2D eigenvalue weighted by atomic mass is 10.2. The van der Waals surface area contributed by atoms with Gasteiger partial charge in [-0.15, -0.1) is 0 Å². The van der Waals surface area contributed by atoms with Gasteiger partial charge in [0.25, 0.3) is 0 Å². The van der Waals surface area contributed by atoms with Crippen molar-refractivity contribution in [3.05, 3.63) is 29.8 Å². The van der Waals surface area contributed by atoms with Crippen molar-refractivity contribution >= 4 is 5.78 Å². The zero-order valence-electron chi connectivity index (χ0n) is 10.0. The van der Waals surface area contributed by atoms with Crippen LogP contribution in [0.5, 0.6) is 5.75 Å². The van der Waals surface area contributed by atoms with E-state index in [2.05, 4.69) is 0 Å². The van der Waals surface area contributed by atoms with Crippen LogP contribution < -0.4 is 4.74 Å². The third kappa shape index (κ3) is 4.94. The van der Waals surface area contributed by atoms with Gasteiger partial charge in [-0.25, -0.2) is 0 Å². The first-order chi connectivity index (χ1) is 7.58. The Balaban J connectivity index is 2.44.